The van der Waals surface area contributed by atoms with Crippen molar-refractivity contribution in [3.8, 4) is 0 Å². The van der Waals surface area contributed by atoms with Crippen LogP contribution in [0.5, 0.6) is 0 Å². The van der Waals surface area contributed by atoms with E-state index < -0.39 is 0 Å². The van der Waals surface area contributed by atoms with Crippen LogP contribution in [0.1, 0.15) is 34.3 Å². The number of pyridine rings is 1. The molecule has 2 N–H and O–H groups in total. The molecule has 4 aromatic rings. The molecule has 0 fully saturated rings. The number of aromatic amines is 1. The van der Waals surface area contributed by atoms with E-state index in [1.165, 1.54) is 12.1 Å². The lowest BCUT2D eigenvalue weighted by Gasteiger charge is -2.17. The molecule has 1 amide bonds. The lowest BCUT2D eigenvalue weighted by molar-refractivity contribution is 0.0933. The average molecular weight is 409 g/mol. The summed E-state index contributed by atoms with van der Waals surface area (Å²) in [6.45, 7) is 1.76. The minimum absolute atomic E-state index is 0.215. The Bertz CT molecular complexity index is 1160. The van der Waals surface area contributed by atoms with Crippen LogP contribution < -0.4 is 5.32 Å². The number of fused-ring (bicyclic) bond motifs is 2. The van der Waals surface area contributed by atoms with Gasteiger partial charge in [0.25, 0.3) is 5.91 Å². The highest BCUT2D eigenvalue weighted by Crippen LogP contribution is 2.22. The number of nitrogens with zero attached hydrogens (tertiary/aromatic N) is 2. The molecule has 0 saturated carbocycles. The smallest absolute Gasteiger partial charge is 0.253 e. The molecule has 1 atom stereocenters. The van der Waals surface area contributed by atoms with E-state index in [1.54, 1.807) is 30.8 Å². The van der Waals surface area contributed by atoms with Crippen LogP contribution in [0.3, 0.4) is 0 Å². The normalized spacial score (nSPS) is 12.4. The Morgan fingerprint density at radius 1 is 1.17 bits per heavy atom. The third-order valence-corrected chi connectivity index (χ3v) is 5.51. The standard InChI is InChI=1S/C22H21FN4OS/c1-13-16(11-14-7-8-15(23)12-20(14)24-13)22(28)27-19(9-10-29-2)21-25-17-5-3-4-6-18(17)26-21/h3-8,11-12,19H,9-10H2,1-2H3,(H,25,26)(H,27,28). The minimum Gasteiger partial charge on any atom is -0.342 e. The molecule has 148 valence electrons. The van der Waals surface area contributed by atoms with Crippen molar-refractivity contribution in [3.63, 3.8) is 0 Å². The minimum atomic E-state index is -0.344. The number of para-hydroxylation sites is 2. The summed E-state index contributed by atoms with van der Waals surface area (Å²) in [6.07, 6.45) is 2.78. The maximum atomic E-state index is 13.5. The summed E-state index contributed by atoms with van der Waals surface area (Å²) in [7, 11) is 0. The first-order valence-electron chi connectivity index (χ1n) is 9.36. The Balaban J connectivity index is 1.65. The van der Waals surface area contributed by atoms with Gasteiger partial charge in [-0.15, -0.1) is 0 Å². The first-order valence-corrected chi connectivity index (χ1v) is 10.8. The molecule has 5 nitrogen and oxygen atoms in total. The largest absolute Gasteiger partial charge is 0.342 e. The number of aromatic nitrogens is 3. The van der Waals surface area contributed by atoms with E-state index in [-0.39, 0.29) is 17.8 Å². The molecule has 0 bridgehead atoms. The summed E-state index contributed by atoms with van der Waals surface area (Å²) in [5, 5.41) is 3.83. The molecule has 1 unspecified atom stereocenters. The Morgan fingerprint density at radius 3 is 2.79 bits per heavy atom. The summed E-state index contributed by atoms with van der Waals surface area (Å²) in [4.78, 5) is 25.4. The Labute approximate surface area is 172 Å². The molecule has 2 heterocycles. The van der Waals surface area contributed by atoms with Crippen molar-refractivity contribution in [3.05, 3.63) is 71.4 Å². The van der Waals surface area contributed by atoms with Gasteiger partial charge in [0.15, 0.2) is 0 Å². The van der Waals surface area contributed by atoms with Crippen LogP contribution in [0.2, 0.25) is 0 Å². The van der Waals surface area contributed by atoms with Gasteiger partial charge in [0.1, 0.15) is 11.6 Å². The van der Waals surface area contributed by atoms with Crippen molar-refractivity contribution in [1.82, 2.24) is 20.3 Å². The zero-order chi connectivity index (χ0) is 20.4. The van der Waals surface area contributed by atoms with Crippen LogP contribution in [-0.2, 0) is 0 Å². The number of rotatable bonds is 6. The molecule has 4 rings (SSSR count). The molecular formula is C22H21FN4OS. The van der Waals surface area contributed by atoms with E-state index in [2.05, 4.69) is 20.3 Å². The second-order valence-electron chi connectivity index (χ2n) is 6.91. The average Bonchev–Trinajstić information content (AvgIpc) is 3.14. The highest BCUT2D eigenvalue weighted by atomic mass is 32.2. The first kappa shape index (κ1) is 19.4. The summed E-state index contributed by atoms with van der Waals surface area (Å²) in [5.41, 5.74) is 3.39. The quantitative estimate of drug-likeness (QED) is 0.482. The van der Waals surface area contributed by atoms with Crippen molar-refractivity contribution in [2.45, 2.75) is 19.4 Å². The molecular weight excluding hydrogens is 387 g/mol. The van der Waals surface area contributed by atoms with Gasteiger partial charge in [-0.3, -0.25) is 9.78 Å². The van der Waals surface area contributed by atoms with E-state index in [0.717, 1.165) is 34.4 Å². The number of halogens is 1. The zero-order valence-corrected chi connectivity index (χ0v) is 17.0. The van der Waals surface area contributed by atoms with Crippen LogP contribution in [-0.4, -0.2) is 32.9 Å². The maximum absolute atomic E-state index is 13.5. The number of carbonyl (C=O) groups is 1. The summed E-state index contributed by atoms with van der Waals surface area (Å²) in [6, 6.07) is 13.7. The van der Waals surface area contributed by atoms with Crippen LogP contribution in [0.25, 0.3) is 21.9 Å². The highest BCUT2D eigenvalue weighted by molar-refractivity contribution is 7.98. The molecule has 2 aromatic carbocycles. The van der Waals surface area contributed by atoms with Gasteiger partial charge in [-0.25, -0.2) is 9.37 Å². The molecule has 0 radical (unpaired) electrons. The van der Waals surface area contributed by atoms with E-state index in [1.807, 2.05) is 30.5 Å². The fourth-order valence-electron chi connectivity index (χ4n) is 3.35. The molecule has 0 spiro atoms. The Morgan fingerprint density at radius 2 is 2.00 bits per heavy atom. The van der Waals surface area contributed by atoms with E-state index >= 15 is 0 Å². The van der Waals surface area contributed by atoms with Crippen LogP contribution in [0.4, 0.5) is 4.39 Å². The monoisotopic (exact) mass is 408 g/mol. The second kappa shape index (κ2) is 8.21. The lowest BCUT2D eigenvalue weighted by atomic mass is 10.1. The fourth-order valence-corrected chi connectivity index (χ4v) is 3.82. The van der Waals surface area contributed by atoms with Crippen molar-refractivity contribution in [1.29, 1.82) is 0 Å². The summed E-state index contributed by atoms with van der Waals surface area (Å²) >= 11 is 1.72. The van der Waals surface area contributed by atoms with Crippen LogP contribution >= 0.6 is 11.8 Å². The van der Waals surface area contributed by atoms with Gasteiger partial charge >= 0.3 is 0 Å². The SMILES string of the molecule is CSCCC(NC(=O)c1cc2ccc(F)cc2nc1C)c1nc2ccccc2[nH]1. The van der Waals surface area contributed by atoms with Gasteiger partial charge in [-0.2, -0.15) is 11.8 Å². The number of amides is 1. The topological polar surface area (TPSA) is 70.7 Å². The van der Waals surface area contributed by atoms with Crippen molar-refractivity contribution >= 4 is 39.6 Å². The fraction of sp³-hybridized carbons (Fsp3) is 0.227. The van der Waals surface area contributed by atoms with Gasteiger partial charge < -0.3 is 10.3 Å². The number of hydrogen-bond acceptors (Lipinski definition) is 4. The number of nitrogens with one attached hydrogen (secondary N) is 2. The predicted molar refractivity (Wildman–Crippen MR) is 116 cm³/mol. The van der Waals surface area contributed by atoms with Gasteiger partial charge in [-0.1, -0.05) is 12.1 Å². The number of hydrogen-bond donors (Lipinski definition) is 2. The third-order valence-electron chi connectivity index (χ3n) is 4.87. The van der Waals surface area contributed by atoms with Crippen molar-refractivity contribution < 1.29 is 9.18 Å². The Hall–Kier alpha value is -2.93. The van der Waals surface area contributed by atoms with Gasteiger partial charge in [0.2, 0.25) is 0 Å². The van der Waals surface area contributed by atoms with Gasteiger partial charge in [0, 0.05) is 11.5 Å². The van der Waals surface area contributed by atoms with Crippen LogP contribution in [0, 0.1) is 12.7 Å². The number of aryl methyl sites for hydroxylation is 1. The van der Waals surface area contributed by atoms with E-state index in [9.17, 15) is 9.18 Å². The van der Waals surface area contributed by atoms with Crippen molar-refractivity contribution in [2.75, 3.05) is 12.0 Å². The highest BCUT2D eigenvalue weighted by Gasteiger charge is 2.21. The first-order chi connectivity index (χ1) is 14.0. The number of imidazole rings is 1. The predicted octanol–water partition coefficient (Wildman–Crippen LogP) is 4.78. The number of H-pyrrole nitrogens is 1. The molecule has 0 aliphatic heterocycles. The molecule has 0 saturated heterocycles. The summed E-state index contributed by atoms with van der Waals surface area (Å²) < 4.78 is 13.5. The number of thioether (sulfide) groups is 1. The maximum Gasteiger partial charge on any atom is 0.253 e. The van der Waals surface area contributed by atoms with Gasteiger partial charge in [0.05, 0.1) is 33.8 Å². The number of benzene rings is 2. The van der Waals surface area contributed by atoms with Gasteiger partial charge in [-0.05, 0) is 55.7 Å². The molecule has 0 aliphatic rings. The lowest BCUT2D eigenvalue weighted by Crippen LogP contribution is -2.30. The van der Waals surface area contributed by atoms with E-state index in [0.29, 0.717) is 16.8 Å². The molecule has 29 heavy (non-hydrogen) atoms. The van der Waals surface area contributed by atoms with Crippen LogP contribution in [0.15, 0.2) is 48.5 Å². The Kier molecular flexibility index (Phi) is 5.49. The van der Waals surface area contributed by atoms with E-state index in [4.69, 9.17) is 0 Å². The summed E-state index contributed by atoms with van der Waals surface area (Å²) in [5.74, 6) is 1.06. The third kappa shape index (κ3) is 4.10. The molecule has 7 heteroatoms. The molecule has 0 aliphatic carbocycles. The second-order valence-corrected chi connectivity index (χ2v) is 7.89. The zero-order valence-electron chi connectivity index (χ0n) is 16.2. The number of carbonyl (C=O) groups excluding carboxylic acids is 1. The molecule has 2 aromatic heterocycles. The van der Waals surface area contributed by atoms with Crippen molar-refractivity contribution in [2.24, 2.45) is 0 Å².